The second kappa shape index (κ2) is 11.3. The molecule has 30 heavy (non-hydrogen) atoms. The van der Waals surface area contributed by atoms with E-state index in [4.69, 9.17) is 33.0 Å². The normalized spacial score (nSPS) is 17.1. The van der Waals surface area contributed by atoms with Gasteiger partial charge < -0.3 is 15.2 Å². The number of rotatable bonds is 9. The number of carboxylic acid groups (broad SMARTS) is 1. The molecule has 11 heteroatoms. The van der Waals surface area contributed by atoms with E-state index in [9.17, 15) is 9.59 Å². The lowest BCUT2D eigenvalue weighted by Crippen LogP contribution is -2.47. The van der Waals surface area contributed by atoms with Crippen molar-refractivity contribution < 1.29 is 19.4 Å². The fourth-order valence-electron chi connectivity index (χ4n) is 2.94. The SMILES string of the molecule is O=C(O)Cc1csc(SCC(=O)NC[C@H]2CN(Cc3ccc(Cl)cc3Cl)CCO2)n1. The van der Waals surface area contributed by atoms with Gasteiger partial charge in [-0.3, -0.25) is 14.5 Å². The molecule has 2 aromatic rings. The average molecular weight is 490 g/mol. The Bertz CT molecular complexity index is 896. The summed E-state index contributed by atoms with van der Waals surface area (Å²) in [7, 11) is 0. The van der Waals surface area contributed by atoms with Gasteiger partial charge in [0.25, 0.3) is 0 Å². The molecule has 3 rings (SSSR count). The highest BCUT2D eigenvalue weighted by Crippen LogP contribution is 2.24. The van der Waals surface area contributed by atoms with E-state index in [1.54, 1.807) is 11.4 Å². The maximum Gasteiger partial charge on any atom is 0.309 e. The largest absolute Gasteiger partial charge is 0.481 e. The van der Waals surface area contributed by atoms with Gasteiger partial charge in [0.05, 0.1) is 30.6 Å². The summed E-state index contributed by atoms with van der Waals surface area (Å²) < 4.78 is 6.45. The summed E-state index contributed by atoms with van der Waals surface area (Å²) in [5.41, 5.74) is 1.51. The van der Waals surface area contributed by atoms with Crippen LogP contribution in [0.2, 0.25) is 10.0 Å². The lowest BCUT2D eigenvalue weighted by Gasteiger charge is -2.33. The lowest BCUT2D eigenvalue weighted by molar-refractivity contribution is -0.136. The summed E-state index contributed by atoms with van der Waals surface area (Å²) in [5, 5.41) is 14.6. The Hall–Kier alpha value is -1.36. The van der Waals surface area contributed by atoms with Gasteiger partial charge in [-0.05, 0) is 17.7 Å². The minimum absolute atomic E-state index is 0.0965. The van der Waals surface area contributed by atoms with Crippen molar-refractivity contribution in [3.63, 3.8) is 0 Å². The summed E-state index contributed by atoms with van der Waals surface area (Å²) in [6.45, 7) is 3.19. The quantitative estimate of drug-likeness (QED) is 0.522. The molecule has 1 fully saturated rings. The molecule has 1 aromatic carbocycles. The van der Waals surface area contributed by atoms with Gasteiger partial charge in [-0.15, -0.1) is 11.3 Å². The predicted octanol–water partition coefficient (Wildman–Crippen LogP) is 3.19. The molecule has 2 N–H and O–H groups in total. The summed E-state index contributed by atoms with van der Waals surface area (Å²) in [6, 6.07) is 5.49. The third-order valence-corrected chi connectivity index (χ3v) is 7.01. The Morgan fingerprint density at radius 2 is 2.23 bits per heavy atom. The molecule has 1 aliphatic rings. The molecule has 0 bridgehead atoms. The first-order valence-corrected chi connectivity index (χ1v) is 11.8. The highest BCUT2D eigenvalue weighted by atomic mass is 35.5. The van der Waals surface area contributed by atoms with Crippen LogP contribution in [0.1, 0.15) is 11.3 Å². The van der Waals surface area contributed by atoms with Gasteiger partial charge in [0.1, 0.15) is 0 Å². The molecule has 1 atom stereocenters. The van der Waals surface area contributed by atoms with E-state index in [0.29, 0.717) is 46.3 Å². The van der Waals surface area contributed by atoms with Gasteiger partial charge in [0.15, 0.2) is 4.34 Å². The summed E-state index contributed by atoms with van der Waals surface area (Å²) in [4.78, 5) is 29.3. The van der Waals surface area contributed by atoms with Crippen LogP contribution in [0.3, 0.4) is 0 Å². The van der Waals surface area contributed by atoms with Crippen molar-refractivity contribution in [1.29, 1.82) is 0 Å². The van der Waals surface area contributed by atoms with Crippen LogP contribution in [-0.2, 0) is 27.3 Å². The molecule has 0 radical (unpaired) electrons. The summed E-state index contributed by atoms with van der Waals surface area (Å²) >= 11 is 14.9. The highest BCUT2D eigenvalue weighted by molar-refractivity contribution is 8.01. The summed E-state index contributed by atoms with van der Waals surface area (Å²) in [5.74, 6) is -0.817. The first kappa shape index (κ1) is 23.3. The number of carbonyl (C=O) groups is 2. The zero-order valence-corrected chi connectivity index (χ0v) is 19.1. The molecule has 7 nitrogen and oxygen atoms in total. The molecule has 162 valence electrons. The number of thiazole rings is 1. The molecule has 0 spiro atoms. The molecule has 1 aliphatic heterocycles. The second-order valence-corrected chi connectivity index (χ2v) is 9.66. The number of morpholine rings is 1. The number of amides is 1. The van der Waals surface area contributed by atoms with E-state index in [-0.39, 0.29) is 24.2 Å². The summed E-state index contributed by atoms with van der Waals surface area (Å²) in [6.07, 6.45) is -0.208. The third kappa shape index (κ3) is 7.40. The van der Waals surface area contributed by atoms with E-state index in [0.717, 1.165) is 12.1 Å². The Kier molecular flexibility index (Phi) is 8.79. The smallest absolute Gasteiger partial charge is 0.309 e. The molecule has 0 unspecified atom stereocenters. The molecular formula is C19H21Cl2N3O4S2. The van der Waals surface area contributed by atoms with Crippen LogP contribution in [0, 0.1) is 0 Å². The molecular weight excluding hydrogens is 469 g/mol. The maximum absolute atomic E-state index is 12.1. The number of carbonyl (C=O) groups excluding carboxylic acids is 1. The highest BCUT2D eigenvalue weighted by Gasteiger charge is 2.22. The van der Waals surface area contributed by atoms with E-state index in [2.05, 4.69) is 15.2 Å². The Morgan fingerprint density at radius 1 is 1.40 bits per heavy atom. The molecule has 0 saturated carbocycles. The van der Waals surface area contributed by atoms with Crippen LogP contribution in [0.4, 0.5) is 0 Å². The Morgan fingerprint density at radius 3 is 3.00 bits per heavy atom. The van der Waals surface area contributed by atoms with E-state index in [1.165, 1.54) is 23.1 Å². The van der Waals surface area contributed by atoms with Gasteiger partial charge >= 0.3 is 5.97 Å². The zero-order valence-electron chi connectivity index (χ0n) is 16.0. The maximum atomic E-state index is 12.1. The second-order valence-electron chi connectivity index (χ2n) is 6.73. The van der Waals surface area contributed by atoms with Crippen LogP contribution >= 0.6 is 46.3 Å². The predicted molar refractivity (Wildman–Crippen MR) is 119 cm³/mol. The van der Waals surface area contributed by atoms with Crippen molar-refractivity contribution >= 4 is 58.2 Å². The number of nitrogens with zero attached hydrogens (tertiary/aromatic N) is 2. The van der Waals surface area contributed by atoms with Crippen molar-refractivity contribution in [3.8, 4) is 0 Å². The number of aliphatic carboxylic acids is 1. The molecule has 1 aromatic heterocycles. The van der Waals surface area contributed by atoms with Gasteiger partial charge in [0.2, 0.25) is 5.91 Å². The minimum atomic E-state index is -0.922. The van der Waals surface area contributed by atoms with Crippen LogP contribution < -0.4 is 5.32 Å². The fourth-order valence-corrected chi connectivity index (χ4v) is 5.08. The van der Waals surface area contributed by atoms with Crippen LogP contribution in [0.25, 0.3) is 0 Å². The van der Waals surface area contributed by atoms with Crippen LogP contribution in [-0.4, -0.2) is 65.0 Å². The number of benzene rings is 1. The van der Waals surface area contributed by atoms with Crippen molar-refractivity contribution in [1.82, 2.24) is 15.2 Å². The number of hydrogen-bond acceptors (Lipinski definition) is 7. The molecule has 0 aliphatic carbocycles. The number of aromatic nitrogens is 1. The van der Waals surface area contributed by atoms with Gasteiger partial charge in [-0.1, -0.05) is 41.0 Å². The number of nitrogens with one attached hydrogen (secondary N) is 1. The van der Waals surface area contributed by atoms with Crippen molar-refractivity contribution in [3.05, 3.63) is 44.9 Å². The topological polar surface area (TPSA) is 91.8 Å². The number of ether oxygens (including phenoxy) is 1. The van der Waals surface area contributed by atoms with Crippen molar-refractivity contribution in [2.75, 3.05) is 32.0 Å². The minimum Gasteiger partial charge on any atom is -0.481 e. The zero-order chi connectivity index (χ0) is 21.5. The molecule has 2 heterocycles. The Labute approximate surface area is 192 Å². The van der Waals surface area contributed by atoms with E-state index >= 15 is 0 Å². The number of hydrogen-bond donors (Lipinski definition) is 2. The van der Waals surface area contributed by atoms with E-state index in [1.807, 2.05) is 12.1 Å². The van der Waals surface area contributed by atoms with Gasteiger partial charge in [-0.2, -0.15) is 0 Å². The fraction of sp³-hybridized carbons (Fsp3) is 0.421. The third-order valence-electron chi connectivity index (χ3n) is 4.35. The van der Waals surface area contributed by atoms with Gasteiger partial charge in [0, 0.05) is 41.6 Å². The van der Waals surface area contributed by atoms with Gasteiger partial charge in [-0.25, -0.2) is 4.98 Å². The Balaban J connectivity index is 1.40. The molecule has 1 saturated heterocycles. The van der Waals surface area contributed by atoms with E-state index < -0.39 is 5.97 Å². The number of thioether (sulfide) groups is 1. The lowest BCUT2D eigenvalue weighted by atomic mass is 10.2. The standard InChI is InChI=1S/C19H21Cl2N3O4S2/c20-13-2-1-12(16(21)5-13)8-24-3-4-28-15(9-24)7-22-17(25)11-30-19-23-14(10-29-19)6-18(26)27/h1-2,5,10,15H,3-4,6-9,11H2,(H,22,25)(H,26,27)/t15-/m0/s1. The first-order chi connectivity index (χ1) is 14.4. The van der Waals surface area contributed by atoms with Crippen molar-refractivity contribution in [2.45, 2.75) is 23.4 Å². The van der Waals surface area contributed by atoms with Crippen LogP contribution in [0.5, 0.6) is 0 Å². The first-order valence-electron chi connectivity index (χ1n) is 9.22. The monoisotopic (exact) mass is 489 g/mol. The number of carboxylic acids is 1. The number of halogens is 2. The molecule has 1 amide bonds. The van der Waals surface area contributed by atoms with Crippen molar-refractivity contribution in [2.24, 2.45) is 0 Å². The average Bonchev–Trinajstić information content (AvgIpc) is 3.14. The van der Waals surface area contributed by atoms with Crippen LogP contribution in [0.15, 0.2) is 27.9 Å².